The molecule has 6 heteroatoms. The van der Waals surface area contributed by atoms with Crippen molar-refractivity contribution in [2.75, 3.05) is 27.7 Å². The third-order valence-corrected chi connectivity index (χ3v) is 6.48. The quantitative estimate of drug-likeness (QED) is 0.111. The molecule has 0 rings (SSSR count). The number of quaternary nitrogens is 1. The normalized spacial score (nSPS) is 15.4. The number of likely N-dealkylation sites (N-methyl/N-ethyl adjacent to an activating group) is 1. The first-order chi connectivity index (χ1) is 13.5. The molecule has 0 saturated carbocycles. The van der Waals surface area contributed by atoms with Crippen LogP contribution in [0.25, 0.3) is 0 Å². The molecule has 0 aliphatic rings. The van der Waals surface area contributed by atoms with Gasteiger partial charge in [-0.3, -0.25) is 4.57 Å². The van der Waals surface area contributed by atoms with Gasteiger partial charge in [0.1, 0.15) is 6.54 Å². The number of allylic oxidation sites excluding steroid dienone is 4. The first kappa shape index (κ1) is 28.5. The van der Waals surface area contributed by atoms with Crippen LogP contribution in [0.3, 0.4) is 0 Å². The predicted molar refractivity (Wildman–Crippen MR) is 124 cm³/mol. The molecule has 3 N–H and O–H groups in total. The summed E-state index contributed by atoms with van der Waals surface area (Å²) in [5, 5.41) is 8.59. The van der Waals surface area contributed by atoms with Crippen molar-refractivity contribution < 1.29 is 23.9 Å². The summed E-state index contributed by atoms with van der Waals surface area (Å²) in [6, 6.07) is 0. The van der Waals surface area contributed by atoms with Crippen LogP contribution in [0.15, 0.2) is 24.3 Å². The van der Waals surface area contributed by atoms with Gasteiger partial charge in [0.15, 0.2) is 0 Å². The van der Waals surface area contributed by atoms with Crippen LogP contribution in [0.4, 0.5) is 0 Å². The van der Waals surface area contributed by atoms with Crippen molar-refractivity contribution in [3.05, 3.63) is 24.3 Å². The SMILES string of the molecule is CC/C=C\CCCCCC/C=C\CCCCCCC(O)(C[N+](C)(C)C)P(=O)(O)O. The van der Waals surface area contributed by atoms with Gasteiger partial charge in [0.25, 0.3) is 0 Å². The van der Waals surface area contributed by atoms with Crippen LogP contribution in [0.2, 0.25) is 0 Å². The molecule has 29 heavy (non-hydrogen) atoms. The molecule has 0 radical (unpaired) electrons. The summed E-state index contributed by atoms with van der Waals surface area (Å²) in [6.07, 6.45) is 22.6. The van der Waals surface area contributed by atoms with Gasteiger partial charge in [0, 0.05) is 0 Å². The summed E-state index contributed by atoms with van der Waals surface area (Å²) in [6.45, 7) is 2.22. The van der Waals surface area contributed by atoms with Crippen LogP contribution in [0.1, 0.15) is 90.4 Å². The average Bonchev–Trinajstić information content (AvgIpc) is 2.59. The number of hydrogen-bond acceptors (Lipinski definition) is 2. The second kappa shape index (κ2) is 15.4. The highest BCUT2D eigenvalue weighted by molar-refractivity contribution is 7.53. The lowest BCUT2D eigenvalue weighted by Gasteiger charge is -2.35. The molecule has 5 nitrogen and oxygen atoms in total. The van der Waals surface area contributed by atoms with Crippen LogP contribution in [0.5, 0.6) is 0 Å². The largest absolute Gasteiger partial charge is 0.373 e. The van der Waals surface area contributed by atoms with Gasteiger partial charge in [-0.05, 0) is 57.8 Å². The minimum Gasteiger partial charge on any atom is -0.373 e. The van der Waals surface area contributed by atoms with Gasteiger partial charge in [0.05, 0.1) is 21.1 Å². The molecule has 0 aliphatic heterocycles. The molecule has 0 aromatic carbocycles. The lowest BCUT2D eigenvalue weighted by Crippen LogP contribution is -2.49. The molecule has 1 atom stereocenters. The Labute approximate surface area is 179 Å². The molecule has 0 saturated heterocycles. The molecular formula is C23H47NO4P+. The molecule has 0 fully saturated rings. The molecule has 0 spiro atoms. The number of unbranched alkanes of at least 4 members (excludes halogenated alkanes) is 9. The Kier molecular flexibility index (Phi) is 15.1. The van der Waals surface area contributed by atoms with Crippen molar-refractivity contribution >= 4 is 7.60 Å². The second-order valence-corrected chi connectivity index (χ2v) is 11.2. The zero-order chi connectivity index (χ0) is 22.2. The van der Waals surface area contributed by atoms with E-state index in [0.717, 1.165) is 38.5 Å². The third kappa shape index (κ3) is 16.0. The minimum atomic E-state index is -4.55. The van der Waals surface area contributed by atoms with Crippen LogP contribution >= 0.6 is 7.60 Å². The lowest BCUT2D eigenvalue weighted by atomic mass is 10.1. The molecule has 0 aromatic rings. The van der Waals surface area contributed by atoms with E-state index in [1.807, 2.05) is 21.1 Å². The molecule has 0 amide bonds. The van der Waals surface area contributed by atoms with E-state index >= 15 is 0 Å². The van der Waals surface area contributed by atoms with Gasteiger partial charge in [-0.1, -0.05) is 56.9 Å². The molecule has 0 aromatic heterocycles. The monoisotopic (exact) mass is 432 g/mol. The first-order valence-corrected chi connectivity index (χ1v) is 13.0. The van der Waals surface area contributed by atoms with Gasteiger partial charge in [-0.15, -0.1) is 0 Å². The van der Waals surface area contributed by atoms with Gasteiger partial charge in [-0.25, -0.2) is 0 Å². The molecule has 0 heterocycles. The van der Waals surface area contributed by atoms with Crippen molar-refractivity contribution in [1.29, 1.82) is 0 Å². The van der Waals surface area contributed by atoms with Crippen LogP contribution in [-0.2, 0) is 4.57 Å². The van der Waals surface area contributed by atoms with Crippen LogP contribution in [0, 0.1) is 0 Å². The fourth-order valence-corrected chi connectivity index (χ4v) is 4.56. The maximum absolute atomic E-state index is 11.7. The zero-order valence-electron chi connectivity index (χ0n) is 19.4. The van der Waals surface area contributed by atoms with Gasteiger partial charge in [-0.2, -0.15) is 0 Å². The van der Waals surface area contributed by atoms with E-state index in [2.05, 4.69) is 31.2 Å². The highest BCUT2D eigenvalue weighted by Gasteiger charge is 2.48. The Morgan fingerprint density at radius 3 is 1.55 bits per heavy atom. The van der Waals surface area contributed by atoms with Gasteiger partial charge in [0.2, 0.25) is 5.34 Å². The highest BCUT2D eigenvalue weighted by Crippen LogP contribution is 2.52. The fraction of sp³-hybridized carbons (Fsp3) is 0.826. The number of rotatable bonds is 18. The van der Waals surface area contributed by atoms with Crippen LogP contribution in [-0.4, -0.2) is 52.4 Å². The topological polar surface area (TPSA) is 77.8 Å². The first-order valence-electron chi connectivity index (χ1n) is 11.4. The van der Waals surface area contributed by atoms with Crippen molar-refractivity contribution in [2.24, 2.45) is 0 Å². The van der Waals surface area contributed by atoms with Gasteiger partial charge >= 0.3 is 7.60 Å². The zero-order valence-corrected chi connectivity index (χ0v) is 20.2. The molecule has 0 bridgehead atoms. The Morgan fingerprint density at radius 1 is 0.759 bits per heavy atom. The van der Waals surface area contributed by atoms with Crippen molar-refractivity contribution in [3.63, 3.8) is 0 Å². The van der Waals surface area contributed by atoms with E-state index < -0.39 is 12.9 Å². The Bertz CT molecular complexity index is 507. The summed E-state index contributed by atoms with van der Waals surface area (Å²) in [5.74, 6) is 0. The summed E-state index contributed by atoms with van der Waals surface area (Å²) in [7, 11) is 0.945. The number of aliphatic hydroxyl groups is 1. The van der Waals surface area contributed by atoms with E-state index in [-0.39, 0.29) is 13.0 Å². The summed E-state index contributed by atoms with van der Waals surface area (Å²) >= 11 is 0. The fourth-order valence-electron chi connectivity index (χ4n) is 3.50. The van der Waals surface area contributed by atoms with Crippen molar-refractivity contribution in [1.82, 2.24) is 0 Å². The van der Waals surface area contributed by atoms with E-state index in [0.29, 0.717) is 10.9 Å². The summed E-state index contributed by atoms with van der Waals surface area (Å²) in [5.41, 5.74) is 0. The third-order valence-electron chi connectivity index (χ3n) is 5.03. The van der Waals surface area contributed by atoms with Crippen molar-refractivity contribution in [3.8, 4) is 0 Å². The molecule has 1 unspecified atom stereocenters. The number of hydrogen-bond donors (Lipinski definition) is 3. The van der Waals surface area contributed by atoms with E-state index in [9.17, 15) is 19.5 Å². The Hall–Kier alpha value is -0.450. The van der Waals surface area contributed by atoms with E-state index in [1.54, 1.807) is 0 Å². The Balaban J connectivity index is 3.77. The van der Waals surface area contributed by atoms with E-state index in [1.165, 1.54) is 32.1 Å². The lowest BCUT2D eigenvalue weighted by molar-refractivity contribution is -0.875. The minimum absolute atomic E-state index is 0.0510. The standard InChI is InChI=1S/C23H46NO4P/c1-5-6-7-8-9-10-11-12-13-14-15-16-17-18-19-20-21-23(25,29(26,27)28)22-24(2,3)4/h6-7,14-15,25H,5,8-13,16-22H2,1-4H3,(H-,26,27,28)/p+1/b7-6-,15-14-. The summed E-state index contributed by atoms with van der Waals surface area (Å²) < 4.78 is 12.1. The predicted octanol–water partition coefficient (Wildman–Crippen LogP) is 5.76. The van der Waals surface area contributed by atoms with Gasteiger partial charge < -0.3 is 19.4 Å². The smallest absolute Gasteiger partial charge is 0.362 e. The van der Waals surface area contributed by atoms with Crippen molar-refractivity contribution in [2.45, 2.75) is 95.7 Å². The maximum atomic E-state index is 11.7. The molecule has 172 valence electrons. The Morgan fingerprint density at radius 2 is 1.17 bits per heavy atom. The average molecular weight is 433 g/mol. The number of nitrogens with zero attached hydrogens (tertiary/aromatic N) is 1. The summed E-state index contributed by atoms with van der Waals surface area (Å²) in [4.78, 5) is 19.1. The maximum Gasteiger partial charge on any atom is 0.362 e. The molecular weight excluding hydrogens is 385 g/mol. The second-order valence-electron chi connectivity index (χ2n) is 9.27. The van der Waals surface area contributed by atoms with E-state index in [4.69, 9.17) is 0 Å². The highest BCUT2D eigenvalue weighted by atomic mass is 31.2. The van der Waals surface area contributed by atoms with Crippen LogP contribution < -0.4 is 0 Å². The molecule has 0 aliphatic carbocycles.